The van der Waals surface area contributed by atoms with E-state index in [9.17, 15) is 0 Å². The van der Waals surface area contributed by atoms with Crippen molar-refractivity contribution in [2.45, 2.75) is 24.8 Å². The molecular formula is C6H13BN2. The topological polar surface area (TPSA) is 29.3 Å². The number of nitrogens with zero attached hydrogens (tertiary/aromatic N) is 1. The molecule has 1 fully saturated rings. The van der Waals surface area contributed by atoms with Gasteiger partial charge in [-0.05, 0) is 32.4 Å². The van der Waals surface area contributed by atoms with Crippen LogP contribution >= 0.6 is 0 Å². The highest BCUT2D eigenvalue weighted by Gasteiger charge is 2.18. The summed E-state index contributed by atoms with van der Waals surface area (Å²) >= 11 is 0. The van der Waals surface area contributed by atoms with E-state index in [1.165, 1.54) is 0 Å². The van der Waals surface area contributed by atoms with Gasteiger partial charge in [-0.3, -0.25) is 0 Å². The molecule has 0 bridgehead atoms. The first-order valence-corrected chi connectivity index (χ1v) is 3.41. The monoisotopic (exact) mass is 124 g/mol. The molecule has 50 valence electrons. The fourth-order valence-electron chi connectivity index (χ4n) is 1.14. The molecule has 1 saturated heterocycles. The molecule has 0 saturated carbocycles. The van der Waals surface area contributed by atoms with Crippen molar-refractivity contribution in [2.24, 2.45) is 5.73 Å². The average molecular weight is 124 g/mol. The van der Waals surface area contributed by atoms with Gasteiger partial charge in [0.2, 0.25) is 0 Å². The molecule has 0 amide bonds. The molecule has 0 unspecified atom stereocenters. The Balaban J connectivity index is 2.35. The zero-order valence-corrected chi connectivity index (χ0v) is 5.88. The van der Waals surface area contributed by atoms with Crippen LogP contribution in [0.15, 0.2) is 0 Å². The first-order chi connectivity index (χ1) is 4.20. The van der Waals surface area contributed by atoms with E-state index < -0.39 is 0 Å². The lowest BCUT2D eigenvalue weighted by Gasteiger charge is -2.33. The molecule has 0 aromatic rings. The van der Waals surface area contributed by atoms with Crippen LogP contribution in [0.4, 0.5) is 0 Å². The summed E-state index contributed by atoms with van der Waals surface area (Å²) in [4.78, 5) is 2.14. The maximum Gasteiger partial charge on any atom is 0.0910 e. The Hall–Kier alpha value is -0.0151. The number of rotatable bonds is 0. The van der Waals surface area contributed by atoms with E-state index >= 15 is 0 Å². The van der Waals surface area contributed by atoms with Gasteiger partial charge in [-0.2, -0.15) is 0 Å². The molecule has 3 heteroatoms. The van der Waals surface area contributed by atoms with E-state index in [0.717, 1.165) is 19.4 Å². The molecule has 2 atom stereocenters. The summed E-state index contributed by atoms with van der Waals surface area (Å²) in [5.41, 5.74) is 5.68. The number of nitrogens with two attached hydrogens (primary N) is 1. The summed E-state index contributed by atoms with van der Waals surface area (Å²) in [6, 6.07) is 0.330. The van der Waals surface area contributed by atoms with Crippen LogP contribution in [0.2, 0.25) is 0 Å². The molecule has 1 rings (SSSR count). The minimum atomic E-state index is 0.189. The highest BCUT2D eigenvalue weighted by atomic mass is 15.1. The summed E-state index contributed by atoms with van der Waals surface area (Å²) < 4.78 is 0. The number of likely N-dealkylation sites (tertiary alicyclic amines) is 1. The predicted molar refractivity (Wildman–Crippen MR) is 39.4 cm³/mol. The lowest BCUT2D eigenvalue weighted by Crippen LogP contribution is -2.44. The molecule has 0 aromatic heterocycles. The second-order valence-corrected chi connectivity index (χ2v) is 2.83. The predicted octanol–water partition coefficient (Wildman–Crippen LogP) is -0.466. The van der Waals surface area contributed by atoms with Gasteiger partial charge in [-0.25, -0.2) is 0 Å². The van der Waals surface area contributed by atoms with Gasteiger partial charge in [0.05, 0.1) is 7.85 Å². The summed E-state index contributed by atoms with van der Waals surface area (Å²) in [7, 11) is 7.75. The molecule has 2 N–H and O–H groups in total. The van der Waals surface area contributed by atoms with Gasteiger partial charge in [-0.15, -0.1) is 0 Å². The molecular weight excluding hydrogens is 111 g/mol. The van der Waals surface area contributed by atoms with Crippen molar-refractivity contribution in [3.05, 3.63) is 0 Å². The van der Waals surface area contributed by atoms with Gasteiger partial charge in [0.15, 0.2) is 0 Å². The molecule has 2 nitrogen and oxygen atoms in total. The Morgan fingerprint density at radius 2 is 2.33 bits per heavy atom. The third-order valence-corrected chi connectivity index (χ3v) is 1.96. The second-order valence-electron chi connectivity index (χ2n) is 2.83. The maximum absolute atomic E-state index is 5.71. The standard InChI is InChI=1S/C6H13BN2/c1-9-3-2-5(8)4-6(9)7/h5-6H,2-4,8H2,1H3/t5-,6-/m0/s1. The SMILES string of the molecule is [B][C@@H]1C[C@@H](N)CCN1C. The normalized spacial score (nSPS) is 38.9. The molecule has 1 aliphatic heterocycles. The van der Waals surface area contributed by atoms with Gasteiger partial charge >= 0.3 is 0 Å². The van der Waals surface area contributed by atoms with Crippen LogP contribution in [0.25, 0.3) is 0 Å². The molecule has 9 heavy (non-hydrogen) atoms. The van der Waals surface area contributed by atoms with Crippen LogP contribution in [0.1, 0.15) is 12.8 Å². The van der Waals surface area contributed by atoms with Crippen molar-refractivity contribution >= 4 is 7.85 Å². The highest BCUT2D eigenvalue weighted by molar-refractivity contribution is 6.11. The van der Waals surface area contributed by atoms with E-state index in [1.807, 2.05) is 7.05 Å². The lowest BCUT2D eigenvalue weighted by molar-refractivity contribution is 0.227. The third-order valence-electron chi connectivity index (χ3n) is 1.96. The largest absolute Gasteiger partial charge is 0.328 e. The van der Waals surface area contributed by atoms with E-state index in [1.54, 1.807) is 0 Å². The minimum absolute atomic E-state index is 0.189. The number of hydrogen-bond donors (Lipinski definition) is 1. The lowest BCUT2D eigenvalue weighted by atomic mass is 9.85. The van der Waals surface area contributed by atoms with E-state index in [2.05, 4.69) is 4.90 Å². The van der Waals surface area contributed by atoms with Crippen LogP contribution < -0.4 is 5.73 Å². The van der Waals surface area contributed by atoms with E-state index in [0.29, 0.717) is 6.04 Å². The van der Waals surface area contributed by atoms with Crippen LogP contribution in [-0.2, 0) is 0 Å². The fourth-order valence-corrected chi connectivity index (χ4v) is 1.14. The van der Waals surface area contributed by atoms with Crippen LogP contribution in [0.5, 0.6) is 0 Å². The first-order valence-electron chi connectivity index (χ1n) is 3.41. The zero-order valence-electron chi connectivity index (χ0n) is 5.88. The van der Waals surface area contributed by atoms with Gasteiger partial charge in [0.1, 0.15) is 0 Å². The maximum atomic E-state index is 5.71. The van der Waals surface area contributed by atoms with Gasteiger partial charge in [0.25, 0.3) is 0 Å². The molecule has 1 aliphatic rings. The Morgan fingerprint density at radius 3 is 2.78 bits per heavy atom. The van der Waals surface area contributed by atoms with Gasteiger partial charge in [0, 0.05) is 6.04 Å². The summed E-state index contributed by atoms with van der Waals surface area (Å²) in [6.45, 7) is 1.04. The Morgan fingerprint density at radius 1 is 1.67 bits per heavy atom. The quantitative estimate of drug-likeness (QED) is 0.442. The summed E-state index contributed by atoms with van der Waals surface area (Å²) in [6.07, 6.45) is 2.03. The summed E-state index contributed by atoms with van der Waals surface area (Å²) in [5.74, 6) is 0.189. The van der Waals surface area contributed by atoms with Crippen molar-refractivity contribution in [1.29, 1.82) is 0 Å². The molecule has 2 radical (unpaired) electrons. The van der Waals surface area contributed by atoms with Crippen molar-refractivity contribution in [3.8, 4) is 0 Å². The van der Waals surface area contributed by atoms with Crippen molar-refractivity contribution in [1.82, 2.24) is 4.90 Å². The smallest absolute Gasteiger partial charge is 0.0910 e. The Labute approximate surface area is 57.8 Å². The third kappa shape index (κ3) is 1.70. The average Bonchev–Trinajstić information content (AvgIpc) is 1.80. The highest BCUT2D eigenvalue weighted by Crippen LogP contribution is 2.10. The molecule has 0 aliphatic carbocycles. The zero-order chi connectivity index (χ0) is 6.85. The first kappa shape index (κ1) is 7.10. The number of hydrogen-bond acceptors (Lipinski definition) is 2. The minimum Gasteiger partial charge on any atom is -0.328 e. The van der Waals surface area contributed by atoms with E-state index in [4.69, 9.17) is 13.6 Å². The molecule has 0 spiro atoms. The van der Waals surface area contributed by atoms with Crippen molar-refractivity contribution in [3.63, 3.8) is 0 Å². The molecule has 0 aromatic carbocycles. The Kier molecular flexibility index (Phi) is 2.14. The fraction of sp³-hybridized carbons (Fsp3) is 1.00. The van der Waals surface area contributed by atoms with Crippen LogP contribution in [0, 0.1) is 0 Å². The second kappa shape index (κ2) is 2.71. The van der Waals surface area contributed by atoms with Crippen LogP contribution in [0.3, 0.4) is 0 Å². The van der Waals surface area contributed by atoms with Crippen molar-refractivity contribution < 1.29 is 0 Å². The Bertz CT molecular complexity index is 97.1. The molecule has 1 heterocycles. The van der Waals surface area contributed by atoms with E-state index in [-0.39, 0.29) is 5.94 Å². The summed E-state index contributed by atoms with van der Waals surface area (Å²) in [5, 5.41) is 0. The van der Waals surface area contributed by atoms with Crippen LogP contribution in [-0.4, -0.2) is 38.3 Å². The van der Waals surface area contributed by atoms with Gasteiger partial charge in [-0.1, -0.05) is 0 Å². The van der Waals surface area contributed by atoms with Crippen molar-refractivity contribution in [2.75, 3.05) is 13.6 Å². The number of piperidine rings is 1. The van der Waals surface area contributed by atoms with Gasteiger partial charge < -0.3 is 10.6 Å².